The molecule has 11 heavy (non-hydrogen) atoms. The predicted octanol–water partition coefficient (Wildman–Crippen LogP) is 2.68. The smallest absolute Gasteiger partial charge is 0.151 e. The van der Waals surface area contributed by atoms with Crippen LogP contribution in [0.15, 0.2) is 35.3 Å². The molecule has 0 radical (unpaired) electrons. The maximum absolute atomic E-state index is 2.48. The molecule has 0 fully saturated rings. The van der Waals surface area contributed by atoms with Crippen LogP contribution in [-0.2, 0) is 0 Å². The first-order chi connectivity index (χ1) is 5.42. The highest BCUT2D eigenvalue weighted by Gasteiger charge is 2.30. The Hall–Kier alpha value is -0.508. The van der Waals surface area contributed by atoms with Crippen LogP contribution < -0.4 is 0 Å². The van der Waals surface area contributed by atoms with Crippen molar-refractivity contribution in [3.8, 4) is 0 Å². The van der Waals surface area contributed by atoms with E-state index >= 15 is 0 Å². The number of benzene rings is 1. The van der Waals surface area contributed by atoms with E-state index in [0.29, 0.717) is 0 Å². The van der Waals surface area contributed by atoms with E-state index in [9.17, 15) is 0 Å². The van der Waals surface area contributed by atoms with Gasteiger partial charge in [-0.25, -0.2) is 0 Å². The summed E-state index contributed by atoms with van der Waals surface area (Å²) >= 11 is -0.450. The second-order valence-corrected chi connectivity index (χ2v) is 5.99. The molecule has 1 heteroatoms. The molecule has 0 aliphatic carbocycles. The first kappa shape index (κ1) is 7.16. The highest BCUT2D eigenvalue weighted by Crippen LogP contribution is 2.31. The van der Waals surface area contributed by atoms with Gasteiger partial charge in [-0.3, -0.25) is 0 Å². The highest BCUT2D eigenvalue weighted by molar-refractivity contribution is 6.96. The molecule has 0 nitrogen and oxygen atoms in total. The lowest BCUT2D eigenvalue weighted by molar-refractivity contribution is 1.46. The van der Waals surface area contributed by atoms with Crippen molar-refractivity contribution in [1.29, 1.82) is 0 Å². The topological polar surface area (TPSA) is 0 Å². The molecule has 0 saturated carbocycles. The first-order valence-electron chi connectivity index (χ1n) is 4.19. The minimum absolute atomic E-state index is 0.450. The van der Waals surface area contributed by atoms with E-state index in [1.54, 1.807) is 4.44 Å². The molecule has 0 atom stereocenters. The Kier molecular flexibility index (Phi) is 1.86. The van der Waals surface area contributed by atoms with Crippen LogP contribution in [0.3, 0.4) is 0 Å². The van der Waals surface area contributed by atoms with Crippen molar-refractivity contribution in [3.05, 3.63) is 40.8 Å². The molecule has 0 saturated heterocycles. The van der Waals surface area contributed by atoms with E-state index in [1.165, 1.54) is 10.8 Å². The van der Waals surface area contributed by atoms with Crippen LogP contribution in [0.25, 0.3) is 4.44 Å². The number of hydrogen-bond acceptors (Lipinski definition) is 0. The summed E-state index contributed by atoms with van der Waals surface area (Å²) in [5, 5.41) is 1.39. The summed E-state index contributed by atoms with van der Waals surface area (Å²) in [5.74, 6) is 0. The summed E-state index contributed by atoms with van der Waals surface area (Å²) in [4.78, 5) is 2.48. The Morgan fingerprint density at radius 3 is 2.45 bits per heavy atom. The second kappa shape index (κ2) is 2.85. The van der Waals surface area contributed by atoms with Crippen molar-refractivity contribution >= 4 is 18.6 Å². The second-order valence-electron chi connectivity index (χ2n) is 3.00. The van der Waals surface area contributed by atoms with Crippen molar-refractivity contribution < 1.29 is 0 Å². The molecule has 0 spiro atoms. The van der Waals surface area contributed by atoms with Crippen LogP contribution in [0.1, 0.15) is 12.5 Å². The van der Waals surface area contributed by atoms with Gasteiger partial charge >= 0.3 is 14.1 Å². The monoisotopic (exact) mass is 158 g/mol. The van der Waals surface area contributed by atoms with Crippen LogP contribution in [-0.4, -0.2) is 14.1 Å². The minimum Gasteiger partial charge on any atom is -0.151 e. The summed E-state index contributed by atoms with van der Waals surface area (Å²) in [7, 11) is 0. The Bertz CT molecular complexity index is 274. The van der Waals surface area contributed by atoms with Crippen molar-refractivity contribution in [2.24, 2.45) is 0 Å². The summed E-state index contributed by atoms with van der Waals surface area (Å²) in [5.41, 5.74) is 1.46. The van der Waals surface area contributed by atoms with Crippen LogP contribution in [0.4, 0.5) is 0 Å². The molecule has 1 aromatic rings. The average Bonchev–Trinajstić information content (AvgIpc) is 2.85. The lowest BCUT2D eigenvalue weighted by Crippen LogP contribution is -1.89. The van der Waals surface area contributed by atoms with E-state index < -0.39 is 14.1 Å². The van der Waals surface area contributed by atoms with Crippen molar-refractivity contribution in [1.82, 2.24) is 0 Å². The molecule has 1 heterocycles. The molecular weight excluding hydrogens is 147 g/mol. The third-order valence-electron chi connectivity index (χ3n) is 2.22. The zero-order valence-electron chi connectivity index (χ0n) is 6.75. The molecule has 54 valence electrons. The van der Waals surface area contributed by atoms with Gasteiger partial charge in [0.1, 0.15) is 0 Å². The van der Waals surface area contributed by atoms with Crippen LogP contribution in [0.5, 0.6) is 0 Å². The largest absolute Gasteiger partial charge is 0.332 e. The van der Waals surface area contributed by atoms with Gasteiger partial charge in [-0.2, -0.15) is 4.94 Å². The lowest BCUT2D eigenvalue weighted by Gasteiger charge is -1.93. The van der Waals surface area contributed by atoms with E-state index in [-0.39, 0.29) is 0 Å². The van der Waals surface area contributed by atoms with Gasteiger partial charge in [0.25, 0.3) is 0 Å². The van der Waals surface area contributed by atoms with Crippen molar-refractivity contribution in [3.63, 3.8) is 0 Å². The van der Waals surface area contributed by atoms with Gasteiger partial charge in [-0.15, -0.1) is 4.44 Å². The molecule has 0 N–H and O–H groups in total. The van der Waals surface area contributed by atoms with Gasteiger partial charge < -0.3 is 0 Å². The van der Waals surface area contributed by atoms with E-state index in [0.717, 1.165) is 0 Å². The number of hydrogen-bond donors (Lipinski definition) is 0. The molecule has 1 aliphatic rings. The van der Waals surface area contributed by atoms with Gasteiger partial charge in [0, 0.05) is 0 Å². The van der Waals surface area contributed by atoms with Crippen molar-refractivity contribution in [2.45, 2.75) is 12.2 Å². The molecule has 2 rings (SSSR count). The summed E-state index contributed by atoms with van der Waals surface area (Å²) in [6, 6.07) is 10.8. The van der Waals surface area contributed by atoms with Crippen LogP contribution in [0.2, 0.25) is 5.28 Å². The fourth-order valence-corrected chi connectivity index (χ4v) is 3.68. The third kappa shape index (κ3) is 1.40. The fourth-order valence-electron chi connectivity index (χ4n) is 1.45. The van der Waals surface area contributed by atoms with Gasteiger partial charge in [0.15, 0.2) is 0 Å². The lowest BCUT2D eigenvalue weighted by atomic mass is 10.2. The summed E-state index contributed by atoms with van der Waals surface area (Å²) < 4.78 is 1.67. The zero-order valence-corrected chi connectivity index (χ0v) is 7.90. The molecule has 0 unspecified atom stereocenters. The summed E-state index contributed by atoms with van der Waals surface area (Å²) in [6.45, 7) is 2.29. The Morgan fingerprint density at radius 2 is 1.91 bits per heavy atom. The van der Waals surface area contributed by atoms with Gasteiger partial charge in [0.05, 0.1) is 0 Å². The Labute approximate surface area is 71.9 Å². The minimum atomic E-state index is -0.450. The predicted molar refractivity (Wildman–Crippen MR) is 50.7 cm³/mol. The average molecular weight is 158 g/mol. The van der Waals surface area contributed by atoms with Gasteiger partial charge in [0.2, 0.25) is 0 Å². The van der Waals surface area contributed by atoms with E-state index in [1.807, 2.05) is 0 Å². The van der Waals surface area contributed by atoms with Crippen molar-refractivity contribution in [2.75, 3.05) is 0 Å². The third-order valence-corrected chi connectivity index (χ3v) is 4.77. The quantitative estimate of drug-likeness (QED) is 0.580. The maximum Gasteiger partial charge on any atom is 0.332 e. The molecule has 0 aromatic heterocycles. The molecule has 0 bridgehead atoms. The standard InChI is InChI=1S/C8H6.C2H5.Al/c1-2-8-6-4-3-5-7-8;1-2;/h1,3-7H;1H2,2H3;. The fraction of sp³-hybridized carbons (Fsp3) is 0.200. The number of rotatable bonds is 2. The molecule has 0 amide bonds. The van der Waals surface area contributed by atoms with Crippen LogP contribution in [0, 0.1) is 0 Å². The van der Waals surface area contributed by atoms with Crippen LogP contribution >= 0.6 is 0 Å². The Morgan fingerprint density at radius 1 is 1.18 bits per heavy atom. The van der Waals surface area contributed by atoms with Gasteiger partial charge in [-0.1, -0.05) is 42.5 Å². The summed E-state index contributed by atoms with van der Waals surface area (Å²) in [6.07, 6.45) is 0. The zero-order chi connectivity index (χ0) is 7.68. The van der Waals surface area contributed by atoms with E-state index in [2.05, 4.69) is 42.2 Å². The highest BCUT2D eigenvalue weighted by atomic mass is 27.2. The van der Waals surface area contributed by atoms with Gasteiger partial charge in [-0.05, 0) is 5.56 Å². The molecule has 1 aliphatic heterocycles. The first-order valence-corrected chi connectivity index (χ1v) is 6.25. The SMILES string of the molecule is C[CH2][Al]1[CH]=[C]1c1ccccc1. The molecular formula is C10H11Al. The molecule has 1 aromatic carbocycles. The normalized spacial score (nSPS) is 14.6. The Balaban J connectivity index is 2.15. The van der Waals surface area contributed by atoms with E-state index in [4.69, 9.17) is 0 Å². The maximum atomic E-state index is 2.48.